The van der Waals surface area contributed by atoms with Crippen LogP contribution in [0, 0.1) is 0 Å². The van der Waals surface area contributed by atoms with Crippen molar-refractivity contribution in [2.45, 2.75) is 13.2 Å². The van der Waals surface area contributed by atoms with Crippen molar-refractivity contribution < 1.29 is 9.26 Å². The number of rotatable bonds is 5. The molecule has 1 aromatic carbocycles. The maximum atomic E-state index is 6.11. The van der Waals surface area contributed by atoms with E-state index in [1.54, 1.807) is 18.3 Å². The van der Waals surface area contributed by atoms with E-state index in [4.69, 9.17) is 20.9 Å². The summed E-state index contributed by atoms with van der Waals surface area (Å²) in [6, 6.07) is 7.43. The number of benzene rings is 1. The van der Waals surface area contributed by atoms with Gasteiger partial charge in [0, 0.05) is 18.2 Å². The number of nitrogens with zero attached hydrogens (tertiary/aromatic N) is 1. The number of hydrogen-bond donors (Lipinski definition) is 1. The number of ether oxygens (including phenoxy) is 1. The normalized spacial score (nSPS) is 10.5. The van der Waals surface area contributed by atoms with Gasteiger partial charge in [0.15, 0.2) is 5.76 Å². The Morgan fingerprint density at radius 2 is 2.29 bits per heavy atom. The van der Waals surface area contributed by atoms with Crippen LogP contribution < -0.4 is 10.1 Å². The Hall–Kier alpha value is -1.52. The molecule has 0 aliphatic rings. The molecular weight excluding hydrogens is 240 g/mol. The molecule has 0 atom stereocenters. The lowest BCUT2D eigenvalue weighted by Gasteiger charge is -2.11. The first-order valence-corrected chi connectivity index (χ1v) is 5.63. The third kappa shape index (κ3) is 2.99. The van der Waals surface area contributed by atoms with Crippen LogP contribution in [0.15, 0.2) is 35.0 Å². The Morgan fingerprint density at radius 1 is 1.41 bits per heavy atom. The molecule has 0 aliphatic heterocycles. The number of para-hydroxylation sites is 1. The summed E-state index contributed by atoms with van der Waals surface area (Å²) in [5, 5.41) is 7.28. The molecule has 17 heavy (non-hydrogen) atoms. The van der Waals surface area contributed by atoms with Crippen molar-refractivity contribution >= 4 is 11.6 Å². The average molecular weight is 253 g/mol. The molecule has 0 amide bonds. The van der Waals surface area contributed by atoms with Crippen molar-refractivity contribution in [1.29, 1.82) is 0 Å². The summed E-state index contributed by atoms with van der Waals surface area (Å²) in [4.78, 5) is 0. The molecule has 0 aliphatic carbocycles. The zero-order valence-corrected chi connectivity index (χ0v) is 10.2. The number of halogens is 1. The summed E-state index contributed by atoms with van der Waals surface area (Å²) >= 11 is 6.11. The summed E-state index contributed by atoms with van der Waals surface area (Å²) in [6.45, 7) is 1.02. The van der Waals surface area contributed by atoms with Crippen molar-refractivity contribution in [2.75, 3.05) is 7.05 Å². The van der Waals surface area contributed by atoms with Gasteiger partial charge in [-0.1, -0.05) is 28.9 Å². The van der Waals surface area contributed by atoms with Crippen molar-refractivity contribution in [3.8, 4) is 5.75 Å². The smallest absolute Gasteiger partial charge is 0.174 e. The fourth-order valence-electron chi connectivity index (χ4n) is 1.50. The Bertz CT molecular complexity index is 471. The Labute approximate surface area is 105 Å². The van der Waals surface area contributed by atoms with Crippen LogP contribution in [0.2, 0.25) is 5.02 Å². The molecule has 0 spiro atoms. The molecule has 2 rings (SSSR count). The molecule has 2 aromatic rings. The maximum Gasteiger partial charge on any atom is 0.174 e. The van der Waals surface area contributed by atoms with Gasteiger partial charge in [-0.05, 0) is 13.1 Å². The minimum absolute atomic E-state index is 0.320. The molecule has 5 heteroatoms. The van der Waals surface area contributed by atoms with Crippen LogP contribution in [0.1, 0.15) is 11.3 Å². The Morgan fingerprint density at radius 3 is 3.00 bits per heavy atom. The molecule has 1 N–H and O–H groups in total. The fourth-order valence-corrected chi connectivity index (χ4v) is 1.75. The van der Waals surface area contributed by atoms with E-state index in [0.29, 0.717) is 29.7 Å². The predicted octanol–water partition coefficient (Wildman–Crippen LogP) is 2.63. The Balaban J connectivity index is 2.13. The molecule has 1 aromatic heterocycles. The van der Waals surface area contributed by atoms with E-state index in [0.717, 1.165) is 5.56 Å². The van der Waals surface area contributed by atoms with Crippen LogP contribution in [-0.4, -0.2) is 12.2 Å². The van der Waals surface area contributed by atoms with Crippen molar-refractivity contribution in [1.82, 2.24) is 10.5 Å². The van der Waals surface area contributed by atoms with Crippen molar-refractivity contribution in [3.63, 3.8) is 0 Å². The van der Waals surface area contributed by atoms with Gasteiger partial charge in [0.05, 0.1) is 11.2 Å². The van der Waals surface area contributed by atoms with E-state index in [2.05, 4.69) is 10.5 Å². The van der Waals surface area contributed by atoms with E-state index < -0.39 is 0 Å². The zero-order chi connectivity index (χ0) is 12.1. The van der Waals surface area contributed by atoms with Crippen LogP contribution in [0.5, 0.6) is 5.75 Å². The zero-order valence-electron chi connectivity index (χ0n) is 9.44. The number of nitrogens with one attached hydrogen (secondary N) is 1. The lowest BCUT2D eigenvalue weighted by atomic mass is 10.2. The maximum absolute atomic E-state index is 6.11. The first kappa shape index (κ1) is 12.0. The van der Waals surface area contributed by atoms with Crippen LogP contribution in [0.3, 0.4) is 0 Å². The first-order chi connectivity index (χ1) is 8.31. The Kier molecular flexibility index (Phi) is 4.01. The standard InChI is InChI=1S/C12H13ClN2O2/c1-14-7-9-3-2-4-11(13)12(9)16-8-10-5-6-15-17-10/h2-6,14H,7-8H2,1H3. The first-order valence-electron chi connectivity index (χ1n) is 5.25. The fraction of sp³-hybridized carbons (Fsp3) is 0.250. The van der Waals surface area contributed by atoms with Gasteiger partial charge in [0.25, 0.3) is 0 Å². The van der Waals surface area contributed by atoms with Crippen molar-refractivity contribution in [3.05, 3.63) is 46.8 Å². The van der Waals surface area contributed by atoms with Gasteiger partial charge in [-0.2, -0.15) is 0 Å². The molecule has 0 saturated carbocycles. The van der Waals surface area contributed by atoms with Gasteiger partial charge in [-0.15, -0.1) is 0 Å². The monoisotopic (exact) mass is 252 g/mol. The number of hydrogen-bond acceptors (Lipinski definition) is 4. The third-order valence-electron chi connectivity index (χ3n) is 2.27. The van der Waals surface area contributed by atoms with E-state index in [9.17, 15) is 0 Å². The van der Waals surface area contributed by atoms with Gasteiger partial charge in [-0.25, -0.2) is 0 Å². The van der Waals surface area contributed by atoms with Gasteiger partial charge < -0.3 is 14.6 Å². The topological polar surface area (TPSA) is 47.3 Å². The molecule has 0 fully saturated rings. The second kappa shape index (κ2) is 5.70. The molecular formula is C12H13ClN2O2. The average Bonchev–Trinajstić information content (AvgIpc) is 2.82. The lowest BCUT2D eigenvalue weighted by molar-refractivity contribution is 0.247. The summed E-state index contributed by atoms with van der Waals surface area (Å²) < 4.78 is 10.6. The molecule has 90 valence electrons. The van der Waals surface area contributed by atoms with Crippen LogP contribution in [0.4, 0.5) is 0 Å². The summed E-state index contributed by atoms with van der Waals surface area (Å²) in [6.07, 6.45) is 1.58. The van der Waals surface area contributed by atoms with E-state index >= 15 is 0 Å². The third-order valence-corrected chi connectivity index (χ3v) is 2.56. The quantitative estimate of drug-likeness (QED) is 0.889. The highest BCUT2D eigenvalue weighted by Crippen LogP contribution is 2.29. The van der Waals surface area contributed by atoms with Gasteiger partial charge in [0.1, 0.15) is 12.4 Å². The molecule has 0 saturated heterocycles. The van der Waals surface area contributed by atoms with Crippen LogP contribution in [-0.2, 0) is 13.2 Å². The largest absolute Gasteiger partial charge is 0.484 e. The van der Waals surface area contributed by atoms with E-state index in [1.165, 1.54) is 0 Å². The van der Waals surface area contributed by atoms with Gasteiger partial charge in [-0.3, -0.25) is 0 Å². The minimum Gasteiger partial charge on any atom is -0.484 e. The SMILES string of the molecule is CNCc1cccc(Cl)c1OCc1ccno1. The molecule has 0 radical (unpaired) electrons. The number of aromatic nitrogens is 1. The van der Waals surface area contributed by atoms with Crippen molar-refractivity contribution in [2.24, 2.45) is 0 Å². The van der Waals surface area contributed by atoms with Crippen LogP contribution in [0.25, 0.3) is 0 Å². The van der Waals surface area contributed by atoms with E-state index in [1.807, 2.05) is 19.2 Å². The second-order valence-corrected chi connectivity index (χ2v) is 3.93. The lowest BCUT2D eigenvalue weighted by Crippen LogP contribution is -2.07. The summed E-state index contributed by atoms with van der Waals surface area (Å²) in [7, 11) is 1.88. The summed E-state index contributed by atoms with van der Waals surface area (Å²) in [5.74, 6) is 1.35. The minimum atomic E-state index is 0.320. The highest BCUT2D eigenvalue weighted by atomic mass is 35.5. The van der Waals surface area contributed by atoms with Gasteiger partial charge in [0.2, 0.25) is 0 Å². The van der Waals surface area contributed by atoms with Gasteiger partial charge >= 0.3 is 0 Å². The highest BCUT2D eigenvalue weighted by molar-refractivity contribution is 6.32. The van der Waals surface area contributed by atoms with E-state index in [-0.39, 0.29) is 0 Å². The molecule has 0 bridgehead atoms. The predicted molar refractivity (Wildman–Crippen MR) is 65.1 cm³/mol. The second-order valence-electron chi connectivity index (χ2n) is 3.53. The molecule has 4 nitrogen and oxygen atoms in total. The molecule has 0 unspecified atom stereocenters. The van der Waals surface area contributed by atoms with Crippen LogP contribution >= 0.6 is 11.6 Å². The summed E-state index contributed by atoms with van der Waals surface area (Å²) in [5.41, 5.74) is 1.01. The molecule has 1 heterocycles. The highest BCUT2D eigenvalue weighted by Gasteiger charge is 2.09.